The molecular formula is C25H33BrN4O3S. The Bertz CT molecular complexity index is 954. The number of fused-ring (bicyclic) bond motifs is 1. The van der Waals surface area contributed by atoms with Gasteiger partial charge in [0.2, 0.25) is 5.91 Å². The zero-order valence-corrected chi connectivity index (χ0v) is 22.2. The maximum absolute atomic E-state index is 13.4. The average Bonchev–Trinajstić information content (AvgIpc) is 3.10. The Labute approximate surface area is 214 Å². The largest absolute Gasteiger partial charge is 0.388 e. The van der Waals surface area contributed by atoms with Gasteiger partial charge in [-0.2, -0.15) is 0 Å². The number of halogens is 1. The van der Waals surface area contributed by atoms with Crippen molar-refractivity contribution in [3.63, 3.8) is 0 Å². The molecule has 1 aromatic rings. The van der Waals surface area contributed by atoms with Crippen molar-refractivity contribution >= 4 is 40.0 Å². The molecule has 0 aromatic heterocycles. The molecule has 184 valence electrons. The van der Waals surface area contributed by atoms with Gasteiger partial charge in [0.25, 0.3) is 0 Å². The third-order valence-corrected chi connectivity index (χ3v) is 8.26. The number of hydrogen-bond donors (Lipinski definition) is 1. The summed E-state index contributed by atoms with van der Waals surface area (Å²) >= 11 is 5.07. The zero-order valence-electron chi connectivity index (χ0n) is 19.8. The van der Waals surface area contributed by atoms with Crippen LogP contribution in [-0.4, -0.2) is 73.6 Å². The number of carbonyl (C=O) groups excluding carboxylic acids is 1. The van der Waals surface area contributed by atoms with Crippen LogP contribution >= 0.6 is 27.9 Å². The first-order valence-corrected chi connectivity index (χ1v) is 13.3. The van der Waals surface area contributed by atoms with E-state index in [-0.39, 0.29) is 11.3 Å². The number of piperazine rings is 1. The van der Waals surface area contributed by atoms with Gasteiger partial charge in [-0.3, -0.25) is 9.79 Å². The first-order valence-electron chi connectivity index (χ1n) is 11.7. The second kappa shape index (κ2) is 11.4. The number of allylic oxidation sites excluding steroid dienone is 2. The number of nitrogens with zero attached hydrogens (tertiary/aromatic N) is 3. The summed E-state index contributed by atoms with van der Waals surface area (Å²) in [6.07, 6.45) is 10.4. The highest BCUT2D eigenvalue weighted by molar-refractivity contribution is 9.10. The van der Waals surface area contributed by atoms with Crippen LogP contribution in [0.1, 0.15) is 26.2 Å². The molecule has 1 N–H and O–H groups in total. The molecule has 2 fully saturated rings. The lowest BCUT2D eigenvalue weighted by atomic mass is 9.79. The summed E-state index contributed by atoms with van der Waals surface area (Å²) < 4.78 is 15.3. The van der Waals surface area contributed by atoms with Crippen LogP contribution < -0.4 is 5.32 Å². The van der Waals surface area contributed by atoms with E-state index in [1.165, 1.54) is 0 Å². The second-order valence-corrected chi connectivity index (χ2v) is 11.2. The SMILES string of the molecule is CCC1(CCNC2=CC=NC=CC2)COC2(COC)CN(Sc3ccc(Br)cc3)CC(=O)N2C1. The normalized spacial score (nSPS) is 27.3. The second-order valence-electron chi connectivity index (χ2n) is 9.10. The van der Waals surface area contributed by atoms with E-state index in [2.05, 4.69) is 49.6 Å². The number of ether oxygens (including phenoxy) is 2. The first kappa shape index (κ1) is 25.4. The van der Waals surface area contributed by atoms with E-state index in [1.54, 1.807) is 19.1 Å². The quantitative estimate of drug-likeness (QED) is 0.466. The van der Waals surface area contributed by atoms with E-state index in [4.69, 9.17) is 9.47 Å². The Morgan fingerprint density at radius 3 is 2.88 bits per heavy atom. The minimum Gasteiger partial charge on any atom is -0.388 e. The van der Waals surface area contributed by atoms with Crippen LogP contribution in [0, 0.1) is 5.41 Å². The fourth-order valence-electron chi connectivity index (χ4n) is 4.66. The third-order valence-electron chi connectivity index (χ3n) is 6.73. The maximum Gasteiger partial charge on any atom is 0.240 e. The molecule has 4 rings (SSSR count). The Morgan fingerprint density at radius 1 is 1.29 bits per heavy atom. The van der Waals surface area contributed by atoms with E-state index in [1.807, 2.05) is 41.6 Å². The highest BCUT2D eigenvalue weighted by Gasteiger charge is 2.53. The van der Waals surface area contributed by atoms with Crippen LogP contribution in [0.5, 0.6) is 0 Å². The summed E-state index contributed by atoms with van der Waals surface area (Å²) in [6.45, 7) is 5.62. The van der Waals surface area contributed by atoms with Gasteiger partial charge in [0.15, 0.2) is 5.72 Å². The highest BCUT2D eigenvalue weighted by Crippen LogP contribution is 2.41. The number of carbonyl (C=O) groups is 1. The van der Waals surface area contributed by atoms with E-state index < -0.39 is 5.72 Å². The Morgan fingerprint density at radius 2 is 2.12 bits per heavy atom. The van der Waals surface area contributed by atoms with Crippen LogP contribution in [0.25, 0.3) is 0 Å². The van der Waals surface area contributed by atoms with Gasteiger partial charge >= 0.3 is 0 Å². The average molecular weight is 550 g/mol. The van der Waals surface area contributed by atoms with Crippen molar-refractivity contribution in [3.8, 4) is 0 Å². The van der Waals surface area contributed by atoms with Crippen molar-refractivity contribution in [1.82, 2.24) is 14.5 Å². The molecule has 1 aromatic carbocycles. The molecule has 3 aliphatic rings. The molecule has 0 saturated carbocycles. The summed E-state index contributed by atoms with van der Waals surface area (Å²) in [7, 11) is 1.67. The van der Waals surface area contributed by atoms with Crippen LogP contribution in [0.2, 0.25) is 0 Å². The number of amides is 1. The fourth-order valence-corrected chi connectivity index (χ4v) is 5.92. The lowest BCUT2D eigenvalue weighted by Gasteiger charge is -2.56. The van der Waals surface area contributed by atoms with Crippen molar-refractivity contribution in [2.24, 2.45) is 10.4 Å². The molecular weight excluding hydrogens is 516 g/mol. The standard InChI is InChI=1S/C25H33BrN4O3S/c1-3-24(11-14-28-21-5-4-12-27-13-10-21)16-30-23(31)15-29(17-25(30,19-32-2)33-18-24)34-22-8-6-20(26)7-9-22/h4,6-10,12-13,28H,3,5,11,14-19H2,1-2H3. The Balaban J connectivity index is 1.43. The fraction of sp³-hybridized carbons (Fsp3) is 0.520. The van der Waals surface area contributed by atoms with Gasteiger partial charge in [0, 0.05) is 59.5 Å². The van der Waals surface area contributed by atoms with Crippen LogP contribution in [0.15, 0.2) is 62.7 Å². The molecule has 3 aliphatic heterocycles. The molecule has 3 heterocycles. The molecule has 1 amide bonds. The minimum absolute atomic E-state index is 0.0872. The van der Waals surface area contributed by atoms with Crippen LogP contribution in [-0.2, 0) is 14.3 Å². The summed E-state index contributed by atoms with van der Waals surface area (Å²) in [6, 6.07) is 8.13. The number of hydrogen-bond acceptors (Lipinski definition) is 7. The van der Waals surface area contributed by atoms with Gasteiger partial charge in [0.1, 0.15) is 0 Å². The van der Waals surface area contributed by atoms with E-state index >= 15 is 0 Å². The third kappa shape index (κ3) is 5.94. The molecule has 2 saturated heterocycles. The summed E-state index contributed by atoms with van der Waals surface area (Å²) in [5.74, 6) is 0.0891. The van der Waals surface area contributed by atoms with Gasteiger partial charge in [-0.1, -0.05) is 28.9 Å². The molecule has 7 nitrogen and oxygen atoms in total. The predicted molar refractivity (Wildman–Crippen MR) is 140 cm³/mol. The molecule has 2 unspecified atom stereocenters. The summed E-state index contributed by atoms with van der Waals surface area (Å²) in [4.78, 5) is 20.6. The maximum atomic E-state index is 13.4. The molecule has 0 aliphatic carbocycles. The number of aliphatic imine (C=N–C) groups is 1. The lowest BCUT2D eigenvalue weighted by Crippen LogP contribution is -2.72. The van der Waals surface area contributed by atoms with E-state index in [0.717, 1.165) is 40.9 Å². The molecule has 0 radical (unpaired) electrons. The number of benzene rings is 1. The van der Waals surface area contributed by atoms with Crippen molar-refractivity contribution < 1.29 is 14.3 Å². The minimum atomic E-state index is -0.760. The summed E-state index contributed by atoms with van der Waals surface area (Å²) in [5.41, 5.74) is 0.309. The monoisotopic (exact) mass is 548 g/mol. The van der Waals surface area contributed by atoms with Crippen molar-refractivity contribution in [1.29, 1.82) is 0 Å². The van der Waals surface area contributed by atoms with Gasteiger partial charge in [-0.15, -0.1) is 0 Å². The van der Waals surface area contributed by atoms with E-state index in [0.29, 0.717) is 32.8 Å². The van der Waals surface area contributed by atoms with Crippen LogP contribution in [0.4, 0.5) is 0 Å². The Kier molecular flexibility index (Phi) is 8.52. The lowest BCUT2D eigenvalue weighted by molar-refractivity contribution is -0.254. The topological polar surface area (TPSA) is 66.4 Å². The number of nitrogens with one attached hydrogen (secondary N) is 1. The summed E-state index contributed by atoms with van der Waals surface area (Å²) in [5, 5.41) is 3.54. The predicted octanol–water partition coefficient (Wildman–Crippen LogP) is 4.22. The molecule has 0 spiro atoms. The number of methoxy groups -OCH3 is 1. The first-order chi connectivity index (χ1) is 16.5. The van der Waals surface area contributed by atoms with Gasteiger partial charge < -0.3 is 19.7 Å². The van der Waals surface area contributed by atoms with Gasteiger partial charge in [-0.05, 0) is 55.1 Å². The van der Waals surface area contributed by atoms with Gasteiger partial charge in [0.05, 0.1) is 26.3 Å². The Hall–Kier alpha value is -1.65. The van der Waals surface area contributed by atoms with Crippen molar-refractivity contribution in [3.05, 3.63) is 52.8 Å². The molecule has 0 bridgehead atoms. The van der Waals surface area contributed by atoms with E-state index in [9.17, 15) is 4.79 Å². The van der Waals surface area contributed by atoms with Crippen LogP contribution in [0.3, 0.4) is 0 Å². The van der Waals surface area contributed by atoms with Gasteiger partial charge in [-0.25, -0.2) is 4.31 Å². The highest BCUT2D eigenvalue weighted by atomic mass is 79.9. The zero-order chi connectivity index (χ0) is 24.0. The molecule has 34 heavy (non-hydrogen) atoms. The number of rotatable bonds is 9. The molecule has 2 atom stereocenters. The smallest absolute Gasteiger partial charge is 0.240 e. The van der Waals surface area contributed by atoms with Crippen molar-refractivity contribution in [2.45, 2.75) is 36.8 Å². The van der Waals surface area contributed by atoms with Crippen molar-refractivity contribution in [2.75, 3.05) is 46.5 Å². The molecule has 9 heteroatoms.